The number of rotatable bonds is 3. The highest BCUT2D eigenvalue weighted by atomic mass is 16.5. The predicted octanol–water partition coefficient (Wildman–Crippen LogP) is 0.603. The summed E-state index contributed by atoms with van der Waals surface area (Å²) in [5.41, 5.74) is 0. The van der Waals surface area contributed by atoms with Gasteiger partial charge in [0.2, 0.25) is 0 Å². The van der Waals surface area contributed by atoms with Gasteiger partial charge in [-0.05, 0) is 38.8 Å². The average Bonchev–Trinajstić information content (AvgIpc) is 2.17. The molecule has 2 bridgehead atoms. The van der Waals surface area contributed by atoms with Crippen molar-refractivity contribution in [2.75, 3.05) is 19.6 Å². The van der Waals surface area contributed by atoms with Crippen molar-refractivity contribution in [2.45, 2.75) is 32.3 Å². The summed E-state index contributed by atoms with van der Waals surface area (Å²) in [5, 5.41) is 0. The van der Waals surface area contributed by atoms with E-state index < -0.39 is 0 Å². The smallest absolute Gasteiger partial charge is 0.313 e. The molecule has 0 saturated carbocycles. The molecule has 0 N–H and O–H groups in total. The number of carbonyl (C=O) groups is 2. The molecule has 3 rings (SSSR count). The first-order valence-electron chi connectivity index (χ1n) is 5.56. The fourth-order valence-corrected chi connectivity index (χ4v) is 2.46. The monoisotopic (exact) mass is 211 g/mol. The minimum Gasteiger partial charge on any atom is -0.460 e. The Labute approximate surface area is 89.6 Å². The molecule has 0 spiro atoms. The first-order chi connectivity index (χ1) is 7.15. The van der Waals surface area contributed by atoms with E-state index in [1.54, 1.807) is 0 Å². The molecular formula is C11H17NO3. The van der Waals surface area contributed by atoms with Gasteiger partial charge in [-0.2, -0.15) is 0 Å². The number of piperidine rings is 3. The third-order valence-corrected chi connectivity index (χ3v) is 3.27. The Bertz CT molecular complexity index is 269. The molecule has 0 aromatic heterocycles. The molecule has 1 atom stereocenters. The first-order valence-corrected chi connectivity index (χ1v) is 5.56. The van der Waals surface area contributed by atoms with Crippen molar-refractivity contribution < 1.29 is 14.3 Å². The Hall–Kier alpha value is -0.900. The van der Waals surface area contributed by atoms with E-state index in [2.05, 4.69) is 4.90 Å². The summed E-state index contributed by atoms with van der Waals surface area (Å²) in [6, 6.07) is 0. The Morgan fingerprint density at radius 1 is 1.33 bits per heavy atom. The van der Waals surface area contributed by atoms with E-state index in [4.69, 9.17) is 4.74 Å². The number of Topliss-reactive ketones (excluding diaryl/α,β-unsaturated/α-hetero) is 1. The van der Waals surface area contributed by atoms with E-state index in [9.17, 15) is 9.59 Å². The van der Waals surface area contributed by atoms with Gasteiger partial charge in [-0.3, -0.25) is 14.5 Å². The summed E-state index contributed by atoms with van der Waals surface area (Å²) in [7, 11) is 0. The van der Waals surface area contributed by atoms with Crippen LogP contribution in [-0.4, -0.2) is 42.4 Å². The van der Waals surface area contributed by atoms with Crippen LogP contribution in [0, 0.1) is 5.92 Å². The van der Waals surface area contributed by atoms with Crippen molar-refractivity contribution in [2.24, 2.45) is 5.92 Å². The molecule has 3 aliphatic rings. The van der Waals surface area contributed by atoms with Crippen molar-refractivity contribution in [3.63, 3.8) is 0 Å². The van der Waals surface area contributed by atoms with Crippen molar-refractivity contribution in [3.8, 4) is 0 Å². The number of carbonyl (C=O) groups excluding carboxylic acids is 2. The summed E-state index contributed by atoms with van der Waals surface area (Å²) < 4.78 is 5.33. The van der Waals surface area contributed by atoms with Gasteiger partial charge in [0.1, 0.15) is 18.3 Å². The van der Waals surface area contributed by atoms with Crippen molar-refractivity contribution in [1.29, 1.82) is 0 Å². The lowest BCUT2D eigenvalue weighted by molar-refractivity contribution is -0.159. The highest BCUT2D eigenvalue weighted by Crippen LogP contribution is 2.29. The number of nitrogens with zero attached hydrogens (tertiary/aromatic N) is 1. The summed E-state index contributed by atoms with van der Waals surface area (Å²) >= 11 is 0. The normalized spacial score (nSPS) is 33.8. The summed E-state index contributed by atoms with van der Waals surface area (Å²) in [6.45, 7) is 4.53. The average molecular weight is 211 g/mol. The number of fused-ring (bicyclic) bond motifs is 3. The molecule has 0 aliphatic carbocycles. The second-order valence-corrected chi connectivity index (χ2v) is 4.55. The minimum atomic E-state index is -0.360. The van der Waals surface area contributed by atoms with Crippen LogP contribution in [0.15, 0.2) is 0 Å². The zero-order valence-corrected chi connectivity index (χ0v) is 9.07. The Kier molecular flexibility index (Phi) is 3.05. The van der Waals surface area contributed by atoms with E-state index in [0.717, 1.165) is 32.5 Å². The van der Waals surface area contributed by atoms with Gasteiger partial charge in [-0.15, -0.1) is 0 Å². The van der Waals surface area contributed by atoms with Crippen LogP contribution in [0.25, 0.3) is 0 Å². The molecule has 0 aromatic carbocycles. The molecule has 4 heteroatoms. The fraction of sp³-hybridized carbons (Fsp3) is 0.818. The minimum absolute atomic E-state index is 0.0272. The van der Waals surface area contributed by atoms with Crippen LogP contribution >= 0.6 is 0 Å². The Morgan fingerprint density at radius 2 is 2.00 bits per heavy atom. The van der Waals surface area contributed by atoms with Gasteiger partial charge >= 0.3 is 5.97 Å². The molecule has 0 amide bonds. The zero-order chi connectivity index (χ0) is 10.8. The molecule has 3 fully saturated rings. The number of esters is 1. The van der Waals surface area contributed by atoms with Crippen LogP contribution in [0.4, 0.5) is 0 Å². The van der Waals surface area contributed by atoms with Gasteiger partial charge in [0.15, 0.2) is 0 Å². The summed E-state index contributed by atoms with van der Waals surface area (Å²) in [5.74, 6) is 0.0356. The third kappa shape index (κ3) is 2.56. The summed E-state index contributed by atoms with van der Waals surface area (Å²) in [4.78, 5) is 24.4. The maximum absolute atomic E-state index is 11.3. The maximum Gasteiger partial charge on any atom is 0.313 e. The van der Waals surface area contributed by atoms with Gasteiger partial charge in [0.05, 0.1) is 0 Å². The van der Waals surface area contributed by atoms with E-state index in [0.29, 0.717) is 5.92 Å². The SMILES string of the molecule is CC(=O)CC(=O)O[C@H]1CN2CCC1CC2. The number of ketones is 1. The van der Waals surface area contributed by atoms with Gasteiger partial charge in [-0.25, -0.2) is 0 Å². The lowest BCUT2D eigenvalue weighted by Crippen LogP contribution is -2.52. The number of ether oxygens (including phenoxy) is 1. The highest BCUT2D eigenvalue weighted by molar-refractivity contribution is 5.94. The van der Waals surface area contributed by atoms with Crippen LogP contribution in [0.1, 0.15) is 26.2 Å². The Morgan fingerprint density at radius 3 is 2.47 bits per heavy atom. The molecule has 0 aromatic rings. The fourth-order valence-electron chi connectivity index (χ4n) is 2.46. The van der Waals surface area contributed by atoms with Crippen LogP contribution in [0.5, 0.6) is 0 Å². The lowest BCUT2D eigenvalue weighted by atomic mass is 9.86. The topological polar surface area (TPSA) is 46.6 Å². The lowest BCUT2D eigenvalue weighted by Gasteiger charge is -2.43. The second-order valence-electron chi connectivity index (χ2n) is 4.55. The van der Waals surface area contributed by atoms with Crippen molar-refractivity contribution in [1.82, 2.24) is 4.90 Å². The Balaban J connectivity index is 1.84. The van der Waals surface area contributed by atoms with Gasteiger partial charge < -0.3 is 4.74 Å². The van der Waals surface area contributed by atoms with E-state index >= 15 is 0 Å². The third-order valence-electron chi connectivity index (χ3n) is 3.27. The molecule has 15 heavy (non-hydrogen) atoms. The second kappa shape index (κ2) is 4.31. The van der Waals surface area contributed by atoms with Gasteiger partial charge in [0.25, 0.3) is 0 Å². The molecule has 84 valence electrons. The molecule has 3 heterocycles. The quantitative estimate of drug-likeness (QED) is 0.506. The maximum atomic E-state index is 11.3. The largest absolute Gasteiger partial charge is 0.460 e. The van der Waals surface area contributed by atoms with Crippen LogP contribution in [0.2, 0.25) is 0 Å². The van der Waals surface area contributed by atoms with E-state index in [1.807, 2.05) is 0 Å². The van der Waals surface area contributed by atoms with Crippen LogP contribution in [0.3, 0.4) is 0 Å². The van der Waals surface area contributed by atoms with Crippen molar-refractivity contribution >= 4 is 11.8 Å². The molecule has 3 saturated heterocycles. The van der Waals surface area contributed by atoms with Crippen LogP contribution < -0.4 is 0 Å². The molecule has 0 radical (unpaired) electrons. The first kappa shape index (κ1) is 10.6. The zero-order valence-electron chi connectivity index (χ0n) is 9.07. The van der Waals surface area contributed by atoms with Crippen molar-refractivity contribution in [3.05, 3.63) is 0 Å². The molecular weight excluding hydrogens is 194 g/mol. The molecule has 4 nitrogen and oxygen atoms in total. The highest BCUT2D eigenvalue weighted by Gasteiger charge is 2.36. The van der Waals surface area contributed by atoms with E-state index in [1.165, 1.54) is 6.92 Å². The predicted molar refractivity (Wildman–Crippen MR) is 54.3 cm³/mol. The number of hydrogen-bond donors (Lipinski definition) is 0. The van der Waals surface area contributed by atoms with E-state index in [-0.39, 0.29) is 24.3 Å². The standard InChI is InChI=1S/C11H17NO3/c1-8(13)6-11(14)15-10-7-12-4-2-9(10)3-5-12/h9-10H,2-7H2,1H3/t10-/m0/s1. The van der Waals surface area contributed by atoms with Gasteiger partial charge in [0, 0.05) is 6.54 Å². The number of hydrogen-bond acceptors (Lipinski definition) is 4. The molecule has 3 aliphatic heterocycles. The summed E-state index contributed by atoms with van der Waals surface area (Å²) in [6.07, 6.45) is 2.19. The van der Waals surface area contributed by atoms with Gasteiger partial charge in [-0.1, -0.05) is 0 Å². The molecule has 0 unspecified atom stereocenters. The van der Waals surface area contributed by atoms with Crippen LogP contribution in [-0.2, 0) is 14.3 Å².